The second-order valence-corrected chi connectivity index (χ2v) is 5.48. The van der Waals surface area contributed by atoms with Crippen molar-refractivity contribution < 1.29 is 9.59 Å². The highest BCUT2D eigenvalue weighted by Gasteiger charge is 2.23. The molecule has 1 rings (SSSR count). The van der Waals surface area contributed by atoms with Crippen molar-refractivity contribution in [2.45, 2.75) is 52.6 Å². The van der Waals surface area contributed by atoms with Gasteiger partial charge in [0.1, 0.15) is 0 Å². The van der Waals surface area contributed by atoms with Gasteiger partial charge in [0, 0.05) is 19.1 Å². The number of hydrogen-bond acceptors (Lipinski definition) is 2. The minimum absolute atomic E-state index is 0.0147. The minimum atomic E-state index is -0.504. The first kappa shape index (κ1) is 17.2. The number of nitrogens with one attached hydrogen (secondary N) is 1. The van der Waals surface area contributed by atoms with Crippen LogP contribution < -0.4 is 5.32 Å². The molecule has 0 aliphatic heterocycles. The van der Waals surface area contributed by atoms with Crippen LogP contribution in [0.5, 0.6) is 0 Å². The van der Waals surface area contributed by atoms with Gasteiger partial charge in [0.05, 0.1) is 0 Å². The molecule has 0 bridgehead atoms. The summed E-state index contributed by atoms with van der Waals surface area (Å²) in [7, 11) is 0. The van der Waals surface area contributed by atoms with Crippen LogP contribution in [0.15, 0.2) is 30.3 Å². The average Bonchev–Trinajstić information content (AvgIpc) is 2.49. The lowest BCUT2D eigenvalue weighted by Crippen LogP contribution is -2.45. The van der Waals surface area contributed by atoms with E-state index in [-0.39, 0.29) is 6.04 Å². The largest absolute Gasteiger partial charge is 0.348 e. The molecule has 0 saturated carbocycles. The summed E-state index contributed by atoms with van der Waals surface area (Å²) in [5.74, 6) is -0.957. The number of amides is 2. The van der Waals surface area contributed by atoms with E-state index in [2.05, 4.69) is 12.2 Å². The molecule has 0 aromatic heterocycles. The van der Waals surface area contributed by atoms with Gasteiger partial charge in [-0.15, -0.1) is 0 Å². The Labute approximate surface area is 127 Å². The molecular weight excluding hydrogens is 264 g/mol. The van der Waals surface area contributed by atoms with E-state index in [9.17, 15) is 9.59 Å². The van der Waals surface area contributed by atoms with Crippen molar-refractivity contribution in [3.63, 3.8) is 0 Å². The first-order chi connectivity index (χ1) is 10.1. The van der Waals surface area contributed by atoms with Crippen LogP contribution in [0.4, 0.5) is 0 Å². The molecule has 21 heavy (non-hydrogen) atoms. The lowest BCUT2D eigenvalue weighted by Gasteiger charge is -2.26. The van der Waals surface area contributed by atoms with Crippen molar-refractivity contribution in [2.75, 3.05) is 6.54 Å². The van der Waals surface area contributed by atoms with E-state index in [1.54, 1.807) is 4.90 Å². The topological polar surface area (TPSA) is 49.4 Å². The number of carbonyl (C=O) groups is 2. The Morgan fingerprint density at radius 3 is 2.38 bits per heavy atom. The van der Waals surface area contributed by atoms with E-state index >= 15 is 0 Å². The highest BCUT2D eigenvalue weighted by Crippen LogP contribution is 2.08. The molecule has 0 atom stereocenters. The van der Waals surface area contributed by atoms with Gasteiger partial charge in [-0.1, -0.05) is 50.1 Å². The normalized spacial score (nSPS) is 10.5. The van der Waals surface area contributed by atoms with Crippen LogP contribution in [0.3, 0.4) is 0 Å². The molecule has 0 aliphatic rings. The van der Waals surface area contributed by atoms with Gasteiger partial charge in [0.2, 0.25) is 0 Å². The van der Waals surface area contributed by atoms with Crippen LogP contribution in [-0.4, -0.2) is 29.3 Å². The summed E-state index contributed by atoms with van der Waals surface area (Å²) in [4.78, 5) is 25.8. The molecule has 1 aromatic rings. The number of unbranched alkanes of at least 4 members (excludes halogenated alkanes) is 2. The zero-order chi connectivity index (χ0) is 15.7. The summed E-state index contributed by atoms with van der Waals surface area (Å²) in [6, 6.07) is 9.71. The summed E-state index contributed by atoms with van der Waals surface area (Å²) in [6.45, 7) is 6.97. The van der Waals surface area contributed by atoms with Gasteiger partial charge in [-0.05, 0) is 25.8 Å². The Morgan fingerprint density at radius 2 is 1.81 bits per heavy atom. The molecule has 4 heteroatoms. The smallest absolute Gasteiger partial charge is 0.312 e. The fourth-order valence-corrected chi connectivity index (χ4v) is 2.05. The van der Waals surface area contributed by atoms with Gasteiger partial charge in [-0.2, -0.15) is 0 Å². The molecule has 0 spiro atoms. The maximum atomic E-state index is 12.3. The van der Waals surface area contributed by atoms with Crippen LogP contribution in [0.2, 0.25) is 0 Å². The summed E-state index contributed by atoms with van der Waals surface area (Å²) < 4.78 is 0. The van der Waals surface area contributed by atoms with E-state index in [4.69, 9.17) is 0 Å². The Kier molecular flexibility index (Phi) is 7.51. The number of carbonyl (C=O) groups excluding carboxylic acids is 2. The summed E-state index contributed by atoms with van der Waals surface area (Å²) in [6.07, 6.45) is 3.07. The first-order valence-electron chi connectivity index (χ1n) is 7.69. The fourth-order valence-electron chi connectivity index (χ4n) is 2.05. The molecule has 2 amide bonds. The minimum Gasteiger partial charge on any atom is -0.348 e. The van der Waals surface area contributed by atoms with E-state index in [0.29, 0.717) is 13.1 Å². The van der Waals surface area contributed by atoms with Crippen molar-refractivity contribution >= 4 is 11.8 Å². The highest BCUT2D eigenvalue weighted by atomic mass is 16.2. The fraction of sp³-hybridized carbons (Fsp3) is 0.529. The van der Waals surface area contributed by atoms with Crippen molar-refractivity contribution in [1.29, 1.82) is 0 Å². The van der Waals surface area contributed by atoms with Crippen molar-refractivity contribution in [3.8, 4) is 0 Å². The van der Waals surface area contributed by atoms with E-state index in [1.165, 1.54) is 0 Å². The SMILES string of the molecule is CCCCCNC(=O)C(=O)N(Cc1ccccc1)C(C)C. The van der Waals surface area contributed by atoms with Gasteiger partial charge < -0.3 is 10.2 Å². The van der Waals surface area contributed by atoms with E-state index in [1.807, 2.05) is 44.2 Å². The van der Waals surface area contributed by atoms with E-state index in [0.717, 1.165) is 24.8 Å². The van der Waals surface area contributed by atoms with Crippen LogP contribution >= 0.6 is 0 Å². The maximum Gasteiger partial charge on any atom is 0.312 e. The first-order valence-corrected chi connectivity index (χ1v) is 7.69. The zero-order valence-electron chi connectivity index (χ0n) is 13.3. The van der Waals surface area contributed by atoms with Crippen LogP contribution in [0.1, 0.15) is 45.6 Å². The van der Waals surface area contributed by atoms with Crippen molar-refractivity contribution in [2.24, 2.45) is 0 Å². The van der Waals surface area contributed by atoms with Gasteiger partial charge in [-0.25, -0.2) is 0 Å². The standard InChI is InChI=1S/C17H26N2O2/c1-4-5-9-12-18-16(20)17(21)19(14(2)3)13-15-10-7-6-8-11-15/h6-8,10-11,14H,4-5,9,12-13H2,1-3H3,(H,18,20). The van der Waals surface area contributed by atoms with Crippen LogP contribution in [0.25, 0.3) is 0 Å². The number of nitrogens with zero attached hydrogens (tertiary/aromatic N) is 1. The molecular formula is C17H26N2O2. The van der Waals surface area contributed by atoms with Gasteiger partial charge >= 0.3 is 11.8 Å². The van der Waals surface area contributed by atoms with Crippen molar-refractivity contribution in [1.82, 2.24) is 10.2 Å². The zero-order valence-corrected chi connectivity index (χ0v) is 13.3. The van der Waals surface area contributed by atoms with Crippen molar-refractivity contribution in [3.05, 3.63) is 35.9 Å². The summed E-state index contributed by atoms with van der Waals surface area (Å²) in [5, 5.41) is 2.71. The second kappa shape index (κ2) is 9.16. The van der Waals surface area contributed by atoms with E-state index < -0.39 is 11.8 Å². The molecule has 0 saturated heterocycles. The molecule has 0 fully saturated rings. The third-order valence-corrected chi connectivity index (χ3v) is 3.34. The third-order valence-electron chi connectivity index (χ3n) is 3.34. The predicted molar refractivity (Wildman–Crippen MR) is 84.7 cm³/mol. The van der Waals surface area contributed by atoms with Crippen LogP contribution in [-0.2, 0) is 16.1 Å². The Hall–Kier alpha value is -1.84. The number of rotatable bonds is 7. The summed E-state index contributed by atoms with van der Waals surface area (Å²) >= 11 is 0. The van der Waals surface area contributed by atoms with Gasteiger partial charge in [0.25, 0.3) is 0 Å². The summed E-state index contributed by atoms with van der Waals surface area (Å²) in [5.41, 5.74) is 1.03. The Bertz CT molecular complexity index is 443. The molecule has 0 radical (unpaired) electrons. The molecule has 0 aliphatic carbocycles. The predicted octanol–water partition coefficient (Wildman–Crippen LogP) is 2.73. The molecule has 0 heterocycles. The monoisotopic (exact) mass is 290 g/mol. The van der Waals surface area contributed by atoms with Gasteiger partial charge in [-0.3, -0.25) is 9.59 Å². The molecule has 4 nitrogen and oxygen atoms in total. The quantitative estimate of drug-likeness (QED) is 0.620. The maximum absolute atomic E-state index is 12.3. The van der Waals surface area contributed by atoms with Crippen LogP contribution in [0, 0.1) is 0 Å². The Balaban J connectivity index is 2.59. The lowest BCUT2D eigenvalue weighted by atomic mass is 10.2. The molecule has 0 unspecified atom stereocenters. The highest BCUT2D eigenvalue weighted by molar-refractivity contribution is 6.35. The molecule has 1 N–H and O–H groups in total. The number of benzene rings is 1. The lowest BCUT2D eigenvalue weighted by molar-refractivity contribution is -0.147. The Morgan fingerprint density at radius 1 is 1.14 bits per heavy atom. The average molecular weight is 290 g/mol. The molecule has 116 valence electrons. The molecule has 1 aromatic carbocycles. The van der Waals surface area contributed by atoms with Gasteiger partial charge in [0.15, 0.2) is 0 Å². The number of hydrogen-bond donors (Lipinski definition) is 1. The third kappa shape index (κ3) is 5.98. The second-order valence-electron chi connectivity index (χ2n) is 5.48.